The van der Waals surface area contributed by atoms with E-state index in [1.165, 1.54) is 74.7 Å². The van der Waals surface area contributed by atoms with E-state index in [4.69, 9.17) is 5.73 Å². The summed E-state index contributed by atoms with van der Waals surface area (Å²) in [5, 5.41) is 0. The first-order valence-corrected chi connectivity index (χ1v) is 8.71. The predicted octanol–water partition coefficient (Wildman–Crippen LogP) is 4.10. The maximum atomic E-state index is 6.86. The zero-order chi connectivity index (χ0) is 14.9. The van der Waals surface area contributed by atoms with E-state index in [0.29, 0.717) is 0 Å². The summed E-state index contributed by atoms with van der Waals surface area (Å²) >= 11 is 0. The fourth-order valence-electron chi connectivity index (χ4n) is 4.65. The van der Waals surface area contributed by atoms with Gasteiger partial charge in [-0.25, -0.2) is 0 Å². The SMILES string of the molecule is Cc1cc(C)cc(C(N)C2(N3CCCCC3)CCCC2)c1. The first-order chi connectivity index (χ1) is 10.1. The van der Waals surface area contributed by atoms with Crippen molar-refractivity contribution in [3.63, 3.8) is 0 Å². The predicted molar refractivity (Wildman–Crippen MR) is 89.5 cm³/mol. The number of hydrogen-bond acceptors (Lipinski definition) is 2. The summed E-state index contributed by atoms with van der Waals surface area (Å²) in [5.74, 6) is 0. The smallest absolute Gasteiger partial charge is 0.0482 e. The molecule has 1 heterocycles. The van der Waals surface area contributed by atoms with Crippen LogP contribution in [0, 0.1) is 13.8 Å². The van der Waals surface area contributed by atoms with Gasteiger partial charge in [-0.3, -0.25) is 4.90 Å². The van der Waals surface area contributed by atoms with Gasteiger partial charge in [-0.2, -0.15) is 0 Å². The van der Waals surface area contributed by atoms with Gasteiger partial charge in [0.05, 0.1) is 0 Å². The van der Waals surface area contributed by atoms with Gasteiger partial charge in [0.1, 0.15) is 0 Å². The van der Waals surface area contributed by atoms with E-state index in [1.807, 2.05) is 0 Å². The summed E-state index contributed by atoms with van der Waals surface area (Å²) in [6.45, 7) is 6.87. The van der Waals surface area contributed by atoms with Crippen LogP contribution in [0.5, 0.6) is 0 Å². The Labute approximate surface area is 129 Å². The van der Waals surface area contributed by atoms with E-state index >= 15 is 0 Å². The van der Waals surface area contributed by atoms with Crippen molar-refractivity contribution in [3.8, 4) is 0 Å². The lowest BCUT2D eigenvalue weighted by Gasteiger charge is -2.47. The van der Waals surface area contributed by atoms with Gasteiger partial charge in [0.25, 0.3) is 0 Å². The highest BCUT2D eigenvalue weighted by Crippen LogP contribution is 2.44. The number of piperidine rings is 1. The van der Waals surface area contributed by atoms with Crippen LogP contribution in [0.15, 0.2) is 18.2 Å². The van der Waals surface area contributed by atoms with Crippen LogP contribution in [0.2, 0.25) is 0 Å². The van der Waals surface area contributed by atoms with Gasteiger partial charge >= 0.3 is 0 Å². The molecule has 0 amide bonds. The van der Waals surface area contributed by atoms with E-state index < -0.39 is 0 Å². The zero-order valence-electron chi connectivity index (χ0n) is 13.7. The molecule has 2 N–H and O–H groups in total. The summed E-state index contributed by atoms with van der Waals surface area (Å²) in [6.07, 6.45) is 9.33. The molecular weight excluding hydrogens is 256 g/mol. The molecule has 0 bridgehead atoms. The Morgan fingerprint density at radius 3 is 2.05 bits per heavy atom. The summed E-state index contributed by atoms with van der Waals surface area (Å²) in [4.78, 5) is 2.74. The van der Waals surface area contributed by atoms with Crippen molar-refractivity contribution in [2.24, 2.45) is 5.73 Å². The van der Waals surface area contributed by atoms with Crippen LogP contribution in [-0.2, 0) is 0 Å². The van der Waals surface area contributed by atoms with E-state index in [9.17, 15) is 0 Å². The van der Waals surface area contributed by atoms with E-state index in [1.54, 1.807) is 0 Å². The molecule has 0 aromatic heterocycles. The van der Waals surface area contributed by atoms with Gasteiger partial charge in [0.15, 0.2) is 0 Å². The normalized spacial score (nSPS) is 24.1. The number of rotatable bonds is 3. The minimum absolute atomic E-state index is 0.164. The van der Waals surface area contributed by atoms with Crippen LogP contribution in [0.4, 0.5) is 0 Å². The number of likely N-dealkylation sites (tertiary alicyclic amines) is 1. The van der Waals surface area contributed by atoms with Crippen molar-refractivity contribution >= 4 is 0 Å². The van der Waals surface area contributed by atoms with Crippen LogP contribution in [0.1, 0.15) is 67.7 Å². The third kappa shape index (κ3) is 2.89. The molecule has 3 rings (SSSR count). The second-order valence-corrected chi connectivity index (χ2v) is 7.26. The minimum atomic E-state index is 0.164. The summed E-state index contributed by atoms with van der Waals surface area (Å²) in [6, 6.07) is 7.03. The highest BCUT2D eigenvalue weighted by Gasteiger charge is 2.45. The topological polar surface area (TPSA) is 29.3 Å². The molecular formula is C19H30N2. The molecule has 1 aliphatic heterocycles. The molecule has 2 aliphatic rings. The lowest BCUT2D eigenvalue weighted by atomic mass is 9.80. The average molecular weight is 286 g/mol. The Morgan fingerprint density at radius 1 is 0.905 bits per heavy atom. The van der Waals surface area contributed by atoms with Crippen LogP contribution in [0.3, 0.4) is 0 Å². The lowest BCUT2D eigenvalue weighted by molar-refractivity contribution is 0.0478. The van der Waals surface area contributed by atoms with E-state index in [-0.39, 0.29) is 11.6 Å². The van der Waals surface area contributed by atoms with Crippen molar-refractivity contribution in [2.45, 2.75) is 70.4 Å². The Hall–Kier alpha value is -0.860. The van der Waals surface area contributed by atoms with Gasteiger partial charge in [-0.1, -0.05) is 48.6 Å². The molecule has 1 unspecified atom stereocenters. The highest BCUT2D eigenvalue weighted by molar-refractivity contribution is 5.33. The van der Waals surface area contributed by atoms with Crippen molar-refractivity contribution < 1.29 is 0 Å². The van der Waals surface area contributed by atoms with Crippen molar-refractivity contribution in [2.75, 3.05) is 13.1 Å². The third-order valence-electron chi connectivity index (χ3n) is 5.64. The molecule has 2 fully saturated rings. The first kappa shape index (κ1) is 15.1. The Morgan fingerprint density at radius 2 is 1.48 bits per heavy atom. The number of nitrogens with zero attached hydrogens (tertiary/aromatic N) is 1. The molecule has 1 atom stereocenters. The van der Waals surface area contributed by atoms with Crippen molar-refractivity contribution in [1.82, 2.24) is 4.90 Å². The Kier molecular flexibility index (Phi) is 4.37. The zero-order valence-corrected chi connectivity index (χ0v) is 13.7. The molecule has 1 aromatic rings. The third-order valence-corrected chi connectivity index (χ3v) is 5.64. The number of nitrogens with two attached hydrogens (primary N) is 1. The summed E-state index contributed by atoms with van der Waals surface area (Å²) < 4.78 is 0. The molecule has 1 saturated heterocycles. The standard InChI is InChI=1S/C19H30N2/c1-15-12-16(2)14-17(13-15)18(20)19(8-4-5-9-19)21-10-6-3-7-11-21/h12-14,18H,3-11,20H2,1-2H3. The average Bonchev–Trinajstić information content (AvgIpc) is 2.97. The molecule has 0 spiro atoms. The van der Waals surface area contributed by atoms with Gasteiger partial charge in [0.2, 0.25) is 0 Å². The van der Waals surface area contributed by atoms with Crippen molar-refractivity contribution in [1.29, 1.82) is 0 Å². The quantitative estimate of drug-likeness (QED) is 0.906. The fraction of sp³-hybridized carbons (Fsp3) is 0.684. The van der Waals surface area contributed by atoms with Crippen molar-refractivity contribution in [3.05, 3.63) is 34.9 Å². The molecule has 1 aliphatic carbocycles. The van der Waals surface area contributed by atoms with E-state index in [0.717, 1.165) is 0 Å². The van der Waals surface area contributed by atoms with Gasteiger partial charge in [-0.05, 0) is 58.2 Å². The van der Waals surface area contributed by atoms with Gasteiger partial charge < -0.3 is 5.73 Å². The van der Waals surface area contributed by atoms with Crippen LogP contribution in [0.25, 0.3) is 0 Å². The van der Waals surface area contributed by atoms with Crippen LogP contribution in [-0.4, -0.2) is 23.5 Å². The molecule has 2 nitrogen and oxygen atoms in total. The maximum Gasteiger partial charge on any atom is 0.0482 e. The number of aryl methyl sites for hydroxylation is 2. The Balaban J connectivity index is 1.92. The largest absolute Gasteiger partial charge is 0.322 e. The fourth-order valence-corrected chi connectivity index (χ4v) is 4.65. The molecule has 0 radical (unpaired) electrons. The molecule has 1 saturated carbocycles. The van der Waals surface area contributed by atoms with Crippen LogP contribution >= 0.6 is 0 Å². The number of benzene rings is 1. The maximum absolute atomic E-state index is 6.86. The highest BCUT2D eigenvalue weighted by atomic mass is 15.2. The lowest BCUT2D eigenvalue weighted by Crippen LogP contribution is -2.55. The van der Waals surface area contributed by atoms with E-state index in [2.05, 4.69) is 36.9 Å². The second kappa shape index (κ2) is 6.10. The van der Waals surface area contributed by atoms with Gasteiger partial charge in [-0.15, -0.1) is 0 Å². The van der Waals surface area contributed by atoms with Gasteiger partial charge in [0, 0.05) is 11.6 Å². The number of hydrogen-bond donors (Lipinski definition) is 1. The summed E-state index contributed by atoms with van der Waals surface area (Å²) in [5.41, 5.74) is 11.1. The molecule has 2 heteroatoms. The Bertz CT molecular complexity index is 462. The first-order valence-electron chi connectivity index (χ1n) is 8.71. The minimum Gasteiger partial charge on any atom is -0.322 e. The summed E-state index contributed by atoms with van der Waals surface area (Å²) in [7, 11) is 0. The molecule has 116 valence electrons. The molecule has 1 aromatic carbocycles. The van der Waals surface area contributed by atoms with Crippen LogP contribution < -0.4 is 5.73 Å². The second-order valence-electron chi connectivity index (χ2n) is 7.26. The monoisotopic (exact) mass is 286 g/mol. The molecule has 21 heavy (non-hydrogen) atoms.